The summed E-state index contributed by atoms with van der Waals surface area (Å²) in [5.74, 6) is 0.452. The molecule has 154 valence electrons. The largest absolute Gasteiger partial charge is 0.462 e. The fourth-order valence-electron chi connectivity index (χ4n) is 3.11. The van der Waals surface area contributed by atoms with Crippen molar-refractivity contribution < 1.29 is 18.7 Å². The zero-order chi connectivity index (χ0) is 21.6. The van der Waals surface area contributed by atoms with E-state index in [1.54, 1.807) is 49.4 Å². The van der Waals surface area contributed by atoms with Crippen LogP contribution in [0.5, 0.6) is 0 Å². The van der Waals surface area contributed by atoms with Crippen LogP contribution in [0, 0.1) is 0 Å². The number of esters is 1. The number of hydrogen-bond donors (Lipinski definition) is 1. The molecule has 4 rings (SSSR count). The third-order valence-electron chi connectivity index (χ3n) is 4.68. The molecule has 0 aliphatic heterocycles. The molecule has 0 fully saturated rings. The lowest BCUT2D eigenvalue weighted by Gasteiger charge is -2.02. The number of fused-ring (bicyclic) bond motifs is 1. The van der Waals surface area contributed by atoms with E-state index in [2.05, 4.69) is 10.5 Å². The number of hydrogen-bond acceptors (Lipinski definition) is 5. The number of nitrogens with zero attached hydrogens (tertiary/aromatic N) is 1. The van der Waals surface area contributed by atoms with Gasteiger partial charge in [-0.25, -0.2) is 10.2 Å². The zero-order valence-electron chi connectivity index (χ0n) is 16.9. The molecule has 0 bridgehead atoms. The second-order valence-electron chi connectivity index (χ2n) is 6.76. The molecule has 0 spiro atoms. The van der Waals surface area contributed by atoms with E-state index >= 15 is 0 Å². The van der Waals surface area contributed by atoms with Crippen LogP contribution < -0.4 is 5.43 Å². The number of ether oxygens (including phenoxy) is 1. The Bertz CT molecular complexity index is 1260. The molecule has 0 radical (unpaired) electrons. The Morgan fingerprint density at radius 3 is 2.45 bits per heavy atom. The van der Waals surface area contributed by atoms with Crippen molar-refractivity contribution in [3.8, 4) is 11.3 Å². The molecule has 1 amide bonds. The van der Waals surface area contributed by atoms with Crippen molar-refractivity contribution in [2.75, 3.05) is 6.61 Å². The predicted octanol–water partition coefficient (Wildman–Crippen LogP) is 5.04. The Morgan fingerprint density at radius 2 is 1.68 bits per heavy atom. The normalized spacial score (nSPS) is 11.0. The maximum Gasteiger partial charge on any atom is 0.338 e. The summed E-state index contributed by atoms with van der Waals surface area (Å²) in [6, 6.07) is 23.8. The van der Waals surface area contributed by atoms with Crippen molar-refractivity contribution >= 4 is 28.9 Å². The van der Waals surface area contributed by atoms with Gasteiger partial charge in [0.15, 0.2) is 0 Å². The minimum atomic E-state index is -0.358. The fraction of sp³-hybridized carbons (Fsp3) is 0.0800. The summed E-state index contributed by atoms with van der Waals surface area (Å²) < 4.78 is 10.7. The second-order valence-corrected chi connectivity index (χ2v) is 6.76. The molecule has 0 aliphatic rings. The standard InChI is InChI=1S/C25H20N2O4/c1-2-30-25(29)19-10-8-18(9-11-19)23-14-13-22(31-23)16-26-27-24(28)21-12-7-17-5-3-4-6-20(17)15-21/h3-16H,2H2,1H3,(H,27,28)/b26-16-. The van der Waals surface area contributed by atoms with E-state index in [9.17, 15) is 9.59 Å². The molecule has 0 unspecified atom stereocenters. The highest BCUT2D eigenvalue weighted by atomic mass is 16.5. The van der Waals surface area contributed by atoms with E-state index in [0.717, 1.165) is 16.3 Å². The van der Waals surface area contributed by atoms with Crippen LogP contribution in [0.25, 0.3) is 22.1 Å². The van der Waals surface area contributed by atoms with Crippen molar-refractivity contribution in [3.05, 3.63) is 95.7 Å². The Morgan fingerprint density at radius 1 is 0.935 bits per heavy atom. The zero-order valence-corrected chi connectivity index (χ0v) is 16.9. The van der Waals surface area contributed by atoms with Crippen LogP contribution in [0.4, 0.5) is 0 Å². The van der Waals surface area contributed by atoms with Crippen LogP contribution in [0.1, 0.15) is 33.4 Å². The quantitative estimate of drug-likeness (QED) is 0.273. The molecule has 3 aromatic carbocycles. The third kappa shape index (κ3) is 4.70. The molecule has 6 nitrogen and oxygen atoms in total. The van der Waals surface area contributed by atoms with Gasteiger partial charge < -0.3 is 9.15 Å². The number of rotatable bonds is 6. The Labute approximate surface area is 179 Å². The highest BCUT2D eigenvalue weighted by Crippen LogP contribution is 2.22. The van der Waals surface area contributed by atoms with Gasteiger partial charge in [-0.2, -0.15) is 5.10 Å². The van der Waals surface area contributed by atoms with Gasteiger partial charge in [-0.15, -0.1) is 0 Å². The monoisotopic (exact) mass is 412 g/mol. The Kier molecular flexibility index (Phi) is 5.89. The Balaban J connectivity index is 1.40. The summed E-state index contributed by atoms with van der Waals surface area (Å²) >= 11 is 0. The summed E-state index contributed by atoms with van der Waals surface area (Å²) in [5, 5.41) is 6.04. The van der Waals surface area contributed by atoms with Gasteiger partial charge in [0.25, 0.3) is 5.91 Å². The molecule has 1 aromatic heterocycles. The van der Waals surface area contributed by atoms with Gasteiger partial charge in [0.1, 0.15) is 11.5 Å². The van der Waals surface area contributed by atoms with E-state index in [1.807, 2.05) is 36.4 Å². The lowest BCUT2D eigenvalue weighted by atomic mass is 10.1. The fourth-order valence-corrected chi connectivity index (χ4v) is 3.11. The number of furan rings is 1. The second kappa shape index (κ2) is 9.09. The lowest BCUT2D eigenvalue weighted by molar-refractivity contribution is 0.0526. The lowest BCUT2D eigenvalue weighted by Crippen LogP contribution is -2.17. The SMILES string of the molecule is CCOC(=O)c1ccc(-c2ccc(/C=N\NC(=O)c3ccc4ccccc4c3)o2)cc1. The summed E-state index contributed by atoms with van der Waals surface area (Å²) in [7, 11) is 0. The minimum absolute atomic E-state index is 0.302. The van der Waals surface area contributed by atoms with Gasteiger partial charge in [0.05, 0.1) is 18.4 Å². The average Bonchev–Trinajstić information content (AvgIpc) is 3.28. The maximum absolute atomic E-state index is 12.3. The maximum atomic E-state index is 12.3. The highest BCUT2D eigenvalue weighted by Gasteiger charge is 2.09. The van der Waals surface area contributed by atoms with Crippen LogP contribution in [-0.4, -0.2) is 24.7 Å². The van der Waals surface area contributed by atoms with E-state index in [4.69, 9.17) is 9.15 Å². The van der Waals surface area contributed by atoms with Crippen LogP contribution in [0.15, 0.2) is 88.4 Å². The van der Waals surface area contributed by atoms with Gasteiger partial charge in [-0.1, -0.05) is 42.5 Å². The van der Waals surface area contributed by atoms with Crippen molar-refractivity contribution in [3.63, 3.8) is 0 Å². The molecule has 0 saturated carbocycles. The van der Waals surface area contributed by atoms with Crippen LogP contribution in [0.3, 0.4) is 0 Å². The van der Waals surface area contributed by atoms with E-state index in [1.165, 1.54) is 6.21 Å². The number of hydrazone groups is 1. The minimum Gasteiger partial charge on any atom is -0.462 e. The number of carbonyl (C=O) groups is 2. The molecule has 6 heteroatoms. The van der Waals surface area contributed by atoms with E-state index in [0.29, 0.717) is 29.3 Å². The van der Waals surface area contributed by atoms with Crippen LogP contribution >= 0.6 is 0 Å². The first-order valence-electron chi connectivity index (χ1n) is 9.83. The number of carbonyl (C=O) groups excluding carboxylic acids is 2. The molecule has 1 heterocycles. The Hall–Kier alpha value is -4.19. The molecule has 4 aromatic rings. The molecule has 0 atom stereocenters. The van der Waals surface area contributed by atoms with Gasteiger partial charge in [0.2, 0.25) is 0 Å². The first-order valence-corrected chi connectivity index (χ1v) is 9.83. The van der Waals surface area contributed by atoms with Crippen LogP contribution in [-0.2, 0) is 4.74 Å². The van der Waals surface area contributed by atoms with Gasteiger partial charge in [0, 0.05) is 11.1 Å². The number of amides is 1. The van der Waals surface area contributed by atoms with Crippen molar-refractivity contribution in [2.45, 2.75) is 6.92 Å². The van der Waals surface area contributed by atoms with E-state index in [-0.39, 0.29) is 11.9 Å². The third-order valence-corrected chi connectivity index (χ3v) is 4.68. The van der Waals surface area contributed by atoms with Crippen molar-refractivity contribution in [1.82, 2.24) is 5.43 Å². The molecular weight excluding hydrogens is 392 g/mol. The highest BCUT2D eigenvalue weighted by molar-refractivity contribution is 5.98. The summed E-state index contributed by atoms with van der Waals surface area (Å²) in [5.41, 5.74) is 4.33. The van der Waals surface area contributed by atoms with Gasteiger partial charge in [-0.3, -0.25) is 4.79 Å². The molecule has 0 saturated heterocycles. The summed E-state index contributed by atoms with van der Waals surface area (Å²) in [6.45, 7) is 2.10. The average molecular weight is 412 g/mol. The van der Waals surface area contributed by atoms with Crippen molar-refractivity contribution in [2.24, 2.45) is 5.10 Å². The number of benzene rings is 3. The molecule has 1 N–H and O–H groups in total. The first-order chi connectivity index (χ1) is 15.1. The molecule has 0 aliphatic carbocycles. The number of nitrogens with one attached hydrogen (secondary N) is 1. The topological polar surface area (TPSA) is 80.9 Å². The first kappa shape index (κ1) is 20.1. The molecule has 31 heavy (non-hydrogen) atoms. The van der Waals surface area contributed by atoms with Crippen LogP contribution in [0.2, 0.25) is 0 Å². The summed E-state index contributed by atoms with van der Waals surface area (Å²) in [6.07, 6.45) is 1.44. The van der Waals surface area contributed by atoms with Gasteiger partial charge >= 0.3 is 5.97 Å². The van der Waals surface area contributed by atoms with E-state index < -0.39 is 0 Å². The van der Waals surface area contributed by atoms with Gasteiger partial charge in [-0.05, 0) is 54.1 Å². The smallest absolute Gasteiger partial charge is 0.338 e. The summed E-state index contributed by atoms with van der Waals surface area (Å²) in [4.78, 5) is 24.1. The predicted molar refractivity (Wildman–Crippen MR) is 119 cm³/mol. The van der Waals surface area contributed by atoms with Crippen molar-refractivity contribution in [1.29, 1.82) is 0 Å². The molecular formula is C25H20N2O4.